The van der Waals surface area contributed by atoms with Crippen LogP contribution in [0.4, 0.5) is 0 Å². The molecule has 0 saturated heterocycles. The summed E-state index contributed by atoms with van der Waals surface area (Å²) in [5.74, 6) is 0.728. The van der Waals surface area contributed by atoms with Gasteiger partial charge in [0.15, 0.2) is 0 Å². The fraction of sp³-hybridized carbons (Fsp3) is 0.333. The van der Waals surface area contributed by atoms with Crippen LogP contribution in [0.25, 0.3) is 0 Å². The van der Waals surface area contributed by atoms with Crippen LogP contribution in [0, 0.1) is 0 Å². The molecule has 0 aliphatic carbocycles. The molecule has 1 aromatic heterocycles. The Kier molecular flexibility index (Phi) is 7.60. The number of rotatable bonds is 12. The molecule has 2 aromatic carbocycles. The number of nitrogens with one attached hydrogen (secondary N) is 1. The van der Waals surface area contributed by atoms with Crippen LogP contribution in [0.1, 0.15) is 45.6 Å². The first-order chi connectivity index (χ1) is 17.0. The van der Waals surface area contributed by atoms with Gasteiger partial charge < -0.3 is 19.7 Å². The van der Waals surface area contributed by atoms with Gasteiger partial charge in [-0.1, -0.05) is 36.1 Å². The molecule has 1 N–H and O–H groups in total. The summed E-state index contributed by atoms with van der Waals surface area (Å²) in [6.45, 7) is 4.98. The lowest BCUT2D eigenvalue weighted by Crippen LogP contribution is -2.37. The number of aldehydes is 1. The molecular formula is C27H31N5O3. The van der Waals surface area contributed by atoms with E-state index in [-0.39, 0.29) is 5.91 Å². The number of amides is 1. The quantitative estimate of drug-likeness (QED) is 0.407. The molecule has 0 fully saturated rings. The Hall–Kier alpha value is -3.94. The van der Waals surface area contributed by atoms with Gasteiger partial charge in [-0.05, 0) is 60.6 Å². The summed E-state index contributed by atoms with van der Waals surface area (Å²) in [4.78, 5) is 26.5. The molecule has 4 rings (SSSR count). The number of aryl methyl sites for hydroxylation is 2. The lowest BCUT2D eigenvalue weighted by atomic mass is 9.99. The van der Waals surface area contributed by atoms with Gasteiger partial charge in [-0.15, -0.1) is 5.10 Å². The van der Waals surface area contributed by atoms with E-state index in [1.165, 1.54) is 0 Å². The van der Waals surface area contributed by atoms with Crippen molar-refractivity contribution in [3.63, 3.8) is 0 Å². The first-order valence-corrected chi connectivity index (χ1v) is 11.8. The Morgan fingerprint density at radius 1 is 1.26 bits per heavy atom. The molecule has 182 valence electrons. The number of carbonyl (C=O) groups is 2. The highest BCUT2D eigenvalue weighted by molar-refractivity contribution is 6.00. The number of nitrogens with zero attached hydrogens (tertiary/aromatic N) is 4. The second-order valence-corrected chi connectivity index (χ2v) is 8.73. The third-order valence-electron chi connectivity index (χ3n) is 6.46. The maximum atomic E-state index is 13.1. The fourth-order valence-electron chi connectivity index (χ4n) is 4.42. The van der Waals surface area contributed by atoms with E-state index in [2.05, 4.69) is 28.3 Å². The summed E-state index contributed by atoms with van der Waals surface area (Å²) in [5, 5.41) is 11.6. The third-order valence-corrected chi connectivity index (χ3v) is 6.46. The Morgan fingerprint density at radius 3 is 2.86 bits per heavy atom. The van der Waals surface area contributed by atoms with E-state index >= 15 is 0 Å². The van der Waals surface area contributed by atoms with Crippen molar-refractivity contribution < 1.29 is 14.3 Å². The lowest BCUT2D eigenvalue weighted by molar-refractivity contribution is -0.112. The van der Waals surface area contributed by atoms with E-state index in [0.29, 0.717) is 37.9 Å². The van der Waals surface area contributed by atoms with E-state index in [1.54, 1.807) is 19.1 Å². The normalized spacial score (nSPS) is 13.4. The van der Waals surface area contributed by atoms with Crippen LogP contribution >= 0.6 is 0 Å². The van der Waals surface area contributed by atoms with Crippen LogP contribution in [0.15, 0.2) is 60.9 Å². The van der Waals surface area contributed by atoms with Crippen molar-refractivity contribution in [2.75, 3.05) is 14.2 Å². The molecule has 3 aromatic rings. The molecular weight excluding hydrogens is 442 g/mol. The van der Waals surface area contributed by atoms with Crippen molar-refractivity contribution >= 4 is 12.2 Å². The summed E-state index contributed by atoms with van der Waals surface area (Å²) in [6.07, 6.45) is 5.46. The number of methoxy groups -OCH3 is 1. The van der Waals surface area contributed by atoms with Gasteiger partial charge in [0.25, 0.3) is 5.91 Å². The molecule has 35 heavy (non-hydrogen) atoms. The molecule has 0 spiro atoms. The molecule has 0 radical (unpaired) electrons. The second kappa shape index (κ2) is 11.0. The fourth-order valence-corrected chi connectivity index (χ4v) is 4.42. The van der Waals surface area contributed by atoms with Crippen LogP contribution in [0.5, 0.6) is 5.75 Å². The number of carbonyl (C=O) groups excluding carboxylic acids is 2. The molecule has 1 aliphatic heterocycles. The van der Waals surface area contributed by atoms with E-state index < -0.39 is 6.04 Å². The van der Waals surface area contributed by atoms with Crippen LogP contribution < -0.4 is 10.1 Å². The predicted molar refractivity (Wildman–Crippen MR) is 133 cm³/mol. The molecule has 8 heteroatoms. The van der Waals surface area contributed by atoms with Crippen LogP contribution in [-0.4, -0.2) is 52.3 Å². The highest BCUT2D eigenvalue weighted by atomic mass is 16.5. The van der Waals surface area contributed by atoms with Gasteiger partial charge >= 0.3 is 0 Å². The summed E-state index contributed by atoms with van der Waals surface area (Å²) in [7, 11) is 3.46. The third kappa shape index (κ3) is 5.59. The van der Waals surface area contributed by atoms with Gasteiger partial charge in [0.05, 0.1) is 25.4 Å². The molecule has 0 bridgehead atoms. The van der Waals surface area contributed by atoms with Gasteiger partial charge in [0.2, 0.25) is 0 Å². The lowest BCUT2D eigenvalue weighted by Gasteiger charge is -2.23. The van der Waals surface area contributed by atoms with Crippen LogP contribution in [-0.2, 0) is 30.7 Å². The SMILES string of the molecule is C=C(CCC(C=O)N1Cc2c(CCc3cn(Cc4cccc(OC)c4)nn3)cccc2C1=O)NC. The van der Waals surface area contributed by atoms with E-state index in [4.69, 9.17) is 4.74 Å². The summed E-state index contributed by atoms with van der Waals surface area (Å²) >= 11 is 0. The van der Waals surface area contributed by atoms with Crippen molar-refractivity contribution in [1.29, 1.82) is 0 Å². The molecule has 1 unspecified atom stereocenters. The smallest absolute Gasteiger partial charge is 0.255 e. The van der Waals surface area contributed by atoms with Crippen molar-refractivity contribution in [1.82, 2.24) is 25.2 Å². The molecule has 2 heterocycles. The first-order valence-electron chi connectivity index (χ1n) is 11.8. The maximum Gasteiger partial charge on any atom is 0.255 e. The molecule has 1 aliphatic rings. The van der Waals surface area contributed by atoms with Crippen LogP contribution in [0.2, 0.25) is 0 Å². The molecule has 0 saturated carbocycles. The van der Waals surface area contributed by atoms with E-state index in [9.17, 15) is 9.59 Å². The summed E-state index contributed by atoms with van der Waals surface area (Å²) in [5.41, 5.74) is 5.61. The average molecular weight is 474 g/mol. The monoisotopic (exact) mass is 473 g/mol. The van der Waals surface area contributed by atoms with Gasteiger partial charge in [0.1, 0.15) is 12.0 Å². The molecule has 1 amide bonds. The highest BCUT2D eigenvalue weighted by Crippen LogP contribution is 2.29. The predicted octanol–water partition coefficient (Wildman–Crippen LogP) is 3.16. The second-order valence-electron chi connectivity index (χ2n) is 8.73. The zero-order valence-corrected chi connectivity index (χ0v) is 20.2. The van der Waals surface area contributed by atoms with E-state index in [0.717, 1.165) is 46.5 Å². The van der Waals surface area contributed by atoms with Crippen LogP contribution in [0.3, 0.4) is 0 Å². The Bertz CT molecular complexity index is 1220. The summed E-state index contributed by atoms with van der Waals surface area (Å²) in [6, 6.07) is 13.2. The van der Waals surface area contributed by atoms with Gasteiger partial charge in [-0.25, -0.2) is 4.68 Å². The number of hydrogen-bond donors (Lipinski definition) is 1. The number of benzene rings is 2. The minimum Gasteiger partial charge on any atom is -0.497 e. The number of aromatic nitrogens is 3. The number of ether oxygens (including phenoxy) is 1. The summed E-state index contributed by atoms with van der Waals surface area (Å²) < 4.78 is 7.11. The Labute approximate surface area is 205 Å². The number of allylic oxidation sites excluding steroid dienone is 1. The zero-order chi connectivity index (χ0) is 24.8. The van der Waals surface area contributed by atoms with Crippen molar-refractivity contribution in [2.24, 2.45) is 0 Å². The van der Waals surface area contributed by atoms with Crippen molar-refractivity contribution in [3.05, 3.63) is 88.9 Å². The minimum absolute atomic E-state index is 0.0850. The standard InChI is InChI=1S/C27H31N5O3/c1-19(28-2)10-13-23(18-33)32-17-26-21(7-5-9-25(26)27(32)34)11-12-22-16-31(30-29-22)15-20-6-4-8-24(14-20)35-3/h4-9,14,16,18,23,28H,1,10-13,15,17H2,2-3H3. The highest BCUT2D eigenvalue weighted by Gasteiger charge is 2.33. The molecule has 1 atom stereocenters. The largest absolute Gasteiger partial charge is 0.497 e. The topological polar surface area (TPSA) is 89.3 Å². The van der Waals surface area contributed by atoms with Crippen molar-refractivity contribution in [3.8, 4) is 5.75 Å². The van der Waals surface area contributed by atoms with E-state index in [1.807, 2.05) is 47.3 Å². The van der Waals surface area contributed by atoms with Crippen molar-refractivity contribution in [2.45, 2.75) is 44.8 Å². The number of hydrogen-bond acceptors (Lipinski definition) is 6. The zero-order valence-electron chi connectivity index (χ0n) is 20.2. The number of fused-ring (bicyclic) bond motifs is 1. The van der Waals surface area contributed by atoms with Gasteiger partial charge in [-0.2, -0.15) is 0 Å². The minimum atomic E-state index is -0.468. The van der Waals surface area contributed by atoms with Gasteiger partial charge in [-0.3, -0.25) is 4.79 Å². The average Bonchev–Trinajstić information content (AvgIpc) is 3.47. The van der Waals surface area contributed by atoms with Gasteiger partial charge in [0, 0.05) is 31.0 Å². The maximum absolute atomic E-state index is 13.1. The Morgan fingerprint density at radius 2 is 2.09 bits per heavy atom. The Balaban J connectivity index is 1.41. The first kappa shape index (κ1) is 24.2. The molecule has 8 nitrogen and oxygen atoms in total.